The number of carbonyl (C=O) groups excluding carboxylic acids is 3. The summed E-state index contributed by atoms with van der Waals surface area (Å²) >= 11 is 0. The maximum Gasteiger partial charge on any atom is 0.251 e. The summed E-state index contributed by atoms with van der Waals surface area (Å²) in [5.41, 5.74) is 0.324. The molecule has 2 fully saturated rings. The van der Waals surface area contributed by atoms with Crippen LogP contribution in [0.2, 0.25) is 0 Å². The van der Waals surface area contributed by atoms with Crippen LogP contribution in [0.25, 0.3) is 0 Å². The lowest BCUT2D eigenvalue weighted by Crippen LogP contribution is -2.42. The van der Waals surface area contributed by atoms with E-state index < -0.39 is 21.8 Å². The zero-order chi connectivity index (χ0) is 19.4. The molecule has 0 aromatic heterocycles. The van der Waals surface area contributed by atoms with Gasteiger partial charge in [0.05, 0.1) is 18.0 Å². The number of sulfonamides is 1. The van der Waals surface area contributed by atoms with Gasteiger partial charge in [-0.2, -0.15) is 0 Å². The highest BCUT2D eigenvalue weighted by Crippen LogP contribution is 2.25. The summed E-state index contributed by atoms with van der Waals surface area (Å²) in [5.74, 6) is -1.49. The molecule has 146 valence electrons. The Labute approximate surface area is 158 Å². The number of hydrogen-bond acceptors (Lipinski definition) is 5. The fraction of sp³-hybridized carbons (Fsp3) is 0.500. The van der Waals surface area contributed by atoms with Crippen LogP contribution in [0.5, 0.6) is 0 Å². The molecule has 1 saturated carbocycles. The molecule has 2 aliphatic rings. The SMILES string of the molecule is O=C(CNC(=O)c1cccc(N2C(=O)CCS2(=O)=O)c1)NC1CCCCC1. The largest absolute Gasteiger partial charge is 0.352 e. The van der Waals surface area contributed by atoms with E-state index in [1.54, 1.807) is 0 Å². The Balaban J connectivity index is 1.60. The van der Waals surface area contributed by atoms with Gasteiger partial charge in [0, 0.05) is 18.0 Å². The van der Waals surface area contributed by atoms with Crippen LogP contribution in [-0.4, -0.2) is 44.5 Å². The first kappa shape index (κ1) is 19.3. The van der Waals surface area contributed by atoms with Gasteiger partial charge in [-0.3, -0.25) is 14.4 Å². The van der Waals surface area contributed by atoms with Crippen molar-refractivity contribution in [3.8, 4) is 0 Å². The van der Waals surface area contributed by atoms with Gasteiger partial charge in [0.1, 0.15) is 0 Å². The Hall–Kier alpha value is -2.42. The molecule has 1 aliphatic carbocycles. The molecular weight excluding hydrogens is 370 g/mol. The van der Waals surface area contributed by atoms with Crippen LogP contribution in [-0.2, 0) is 19.6 Å². The first-order chi connectivity index (χ1) is 12.9. The molecule has 9 heteroatoms. The van der Waals surface area contributed by atoms with E-state index in [9.17, 15) is 22.8 Å². The Morgan fingerprint density at radius 2 is 1.89 bits per heavy atom. The molecule has 1 aromatic rings. The van der Waals surface area contributed by atoms with Gasteiger partial charge in [0.15, 0.2) is 0 Å². The average Bonchev–Trinajstić information content (AvgIpc) is 2.93. The second-order valence-corrected chi connectivity index (χ2v) is 8.80. The van der Waals surface area contributed by atoms with E-state index in [0.29, 0.717) is 0 Å². The second kappa shape index (κ2) is 8.08. The van der Waals surface area contributed by atoms with E-state index in [0.717, 1.165) is 30.0 Å². The van der Waals surface area contributed by atoms with Crippen molar-refractivity contribution in [1.29, 1.82) is 0 Å². The number of benzene rings is 1. The maximum absolute atomic E-state index is 12.3. The molecule has 0 spiro atoms. The molecular formula is C18H23N3O5S. The number of rotatable bonds is 5. The Morgan fingerprint density at radius 3 is 2.56 bits per heavy atom. The van der Waals surface area contributed by atoms with Crippen LogP contribution < -0.4 is 14.9 Å². The minimum absolute atomic E-state index is 0.0693. The number of amides is 3. The van der Waals surface area contributed by atoms with Gasteiger partial charge in [-0.1, -0.05) is 25.3 Å². The molecule has 8 nitrogen and oxygen atoms in total. The zero-order valence-corrected chi connectivity index (χ0v) is 15.8. The third-order valence-electron chi connectivity index (χ3n) is 4.80. The quantitative estimate of drug-likeness (QED) is 0.773. The van der Waals surface area contributed by atoms with Crippen molar-refractivity contribution in [3.05, 3.63) is 29.8 Å². The smallest absolute Gasteiger partial charge is 0.251 e. The van der Waals surface area contributed by atoms with Crippen molar-refractivity contribution in [3.63, 3.8) is 0 Å². The highest BCUT2D eigenvalue weighted by atomic mass is 32.2. The molecule has 0 unspecified atom stereocenters. The predicted octanol–water partition coefficient (Wildman–Crippen LogP) is 0.932. The molecule has 27 heavy (non-hydrogen) atoms. The van der Waals surface area contributed by atoms with Gasteiger partial charge in [0.2, 0.25) is 21.8 Å². The first-order valence-electron chi connectivity index (χ1n) is 9.10. The maximum atomic E-state index is 12.3. The third-order valence-corrected chi connectivity index (χ3v) is 6.49. The summed E-state index contributed by atoms with van der Waals surface area (Å²) < 4.78 is 24.8. The zero-order valence-electron chi connectivity index (χ0n) is 14.9. The van der Waals surface area contributed by atoms with Crippen LogP contribution in [0.3, 0.4) is 0 Å². The monoisotopic (exact) mass is 393 g/mol. The van der Waals surface area contributed by atoms with Gasteiger partial charge in [-0.15, -0.1) is 0 Å². The fourth-order valence-electron chi connectivity index (χ4n) is 3.43. The minimum Gasteiger partial charge on any atom is -0.352 e. The predicted molar refractivity (Wildman–Crippen MR) is 99.7 cm³/mol. The Kier molecular flexibility index (Phi) is 5.79. The van der Waals surface area contributed by atoms with Gasteiger partial charge in [-0.05, 0) is 31.0 Å². The summed E-state index contributed by atoms with van der Waals surface area (Å²) in [6.07, 6.45) is 5.24. The molecule has 1 aliphatic heterocycles. The topological polar surface area (TPSA) is 113 Å². The van der Waals surface area contributed by atoms with Crippen LogP contribution in [0, 0.1) is 0 Å². The summed E-state index contributed by atoms with van der Waals surface area (Å²) in [7, 11) is -3.69. The molecule has 0 atom stereocenters. The lowest BCUT2D eigenvalue weighted by Gasteiger charge is -2.22. The average molecular weight is 393 g/mol. The lowest BCUT2D eigenvalue weighted by molar-refractivity contribution is -0.121. The molecule has 0 bridgehead atoms. The standard InChI is InChI=1S/C18H23N3O5S/c22-16(20-14-6-2-1-3-7-14)12-19-18(24)13-5-4-8-15(11-13)21-17(23)9-10-27(21,25)26/h4-5,8,11,14H,1-3,6-7,9-10,12H2,(H,19,24)(H,20,22). The van der Waals surface area contributed by atoms with Crippen molar-refractivity contribution in [2.24, 2.45) is 0 Å². The van der Waals surface area contributed by atoms with Gasteiger partial charge in [0.25, 0.3) is 5.91 Å². The van der Waals surface area contributed by atoms with Crippen LogP contribution in [0.15, 0.2) is 24.3 Å². The Morgan fingerprint density at radius 1 is 1.15 bits per heavy atom. The van der Waals surface area contributed by atoms with E-state index in [2.05, 4.69) is 10.6 Å². The van der Waals surface area contributed by atoms with Gasteiger partial charge in [-0.25, -0.2) is 12.7 Å². The van der Waals surface area contributed by atoms with Crippen LogP contribution >= 0.6 is 0 Å². The molecule has 2 N–H and O–H groups in total. The molecule has 1 aromatic carbocycles. The molecule has 0 radical (unpaired) electrons. The van der Waals surface area contributed by atoms with Crippen molar-refractivity contribution < 1.29 is 22.8 Å². The normalized spacial score (nSPS) is 19.7. The molecule has 1 heterocycles. The van der Waals surface area contributed by atoms with Crippen LogP contribution in [0.4, 0.5) is 5.69 Å². The van der Waals surface area contributed by atoms with E-state index in [-0.39, 0.29) is 41.9 Å². The fourth-order valence-corrected chi connectivity index (χ4v) is 4.88. The third kappa shape index (κ3) is 4.65. The van der Waals surface area contributed by atoms with Gasteiger partial charge < -0.3 is 10.6 Å². The Bertz CT molecular complexity index is 846. The number of nitrogens with one attached hydrogen (secondary N) is 2. The van der Waals surface area contributed by atoms with Crippen LogP contribution in [0.1, 0.15) is 48.9 Å². The number of anilines is 1. The first-order valence-corrected chi connectivity index (χ1v) is 10.7. The lowest BCUT2D eigenvalue weighted by atomic mass is 9.95. The van der Waals surface area contributed by atoms with E-state index >= 15 is 0 Å². The summed E-state index contributed by atoms with van der Waals surface area (Å²) in [4.78, 5) is 36.2. The highest BCUT2D eigenvalue weighted by Gasteiger charge is 2.36. The highest BCUT2D eigenvalue weighted by molar-refractivity contribution is 7.94. The van der Waals surface area contributed by atoms with Crippen molar-refractivity contribution in [1.82, 2.24) is 10.6 Å². The second-order valence-electron chi connectivity index (χ2n) is 6.86. The molecule has 3 rings (SSSR count). The summed E-state index contributed by atoms with van der Waals surface area (Å²) in [6.45, 7) is -0.152. The summed E-state index contributed by atoms with van der Waals surface area (Å²) in [6, 6.07) is 5.99. The van der Waals surface area contributed by atoms with E-state index in [4.69, 9.17) is 0 Å². The molecule has 1 saturated heterocycles. The van der Waals surface area contributed by atoms with Crippen molar-refractivity contribution >= 4 is 33.4 Å². The number of nitrogens with zero attached hydrogens (tertiary/aromatic N) is 1. The minimum atomic E-state index is -3.69. The van der Waals surface area contributed by atoms with E-state index in [1.807, 2.05) is 0 Å². The number of hydrogen-bond donors (Lipinski definition) is 2. The van der Waals surface area contributed by atoms with Crippen molar-refractivity contribution in [2.45, 2.75) is 44.6 Å². The van der Waals surface area contributed by atoms with Gasteiger partial charge >= 0.3 is 0 Å². The van der Waals surface area contributed by atoms with Crippen molar-refractivity contribution in [2.75, 3.05) is 16.6 Å². The summed E-state index contributed by atoms with van der Waals surface area (Å²) in [5, 5.41) is 5.45. The molecule has 3 amide bonds. The number of carbonyl (C=O) groups is 3. The van der Waals surface area contributed by atoms with E-state index in [1.165, 1.54) is 30.7 Å².